The first-order valence-electron chi connectivity index (χ1n) is 11.9. The number of imide groups is 1. The van der Waals surface area contributed by atoms with Crippen molar-refractivity contribution in [3.05, 3.63) is 65.5 Å². The van der Waals surface area contributed by atoms with Crippen LogP contribution < -0.4 is 10.1 Å². The monoisotopic (exact) mass is 471 g/mol. The number of ether oxygens (including phenoxy) is 1. The number of rotatable bonds is 5. The number of nitrogens with zero attached hydrogens (tertiary/aromatic N) is 4. The number of piperidine rings is 1. The van der Waals surface area contributed by atoms with Crippen LogP contribution in [0.5, 0.6) is 5.75 Å². The highest BCUT2D eigenvalue weighted by Gasteiger charge is 2.39. The normalized spacial score (nSPS) is 22.5. The smallest absolute Gasteiger partial charge is 0.255 e. The number of carbonyl (C=O) groups is 3. The van der Waals surface area contributed by atoms with Crippen LogP contribution in [0, 0.1) is 0 Å². The third-order valence-corrected chi connectivity index (χ3v) is 6.94. The summed E-state index contributed by atoms with van der Waals surface area (Å²) < 4.78 is 6.27. The van der Waals surface area contributed by atoms with Crippen molar-refractivity contribution in [3.8, 4) is 5.75 Å². The van der Waals surface area contributed by atoms with Gasteiger partial charge in [-0.2, -0.15) is 0 Å². The molecular formula is C26H25N5O4. The number of hydrogen-bond acceptors (Lipinski definition) is 7. The fraction of sp³-hybridized carbons (Fsp3) is 0.346. The van der Waals surface area contributed by atoms with Gasteiger partial charge in [0, 0.05) is 55.9 Å². The average molecular weight is 472 g/mol. The van der Waals surface area contributed by atoms with Gasteiger partial charge in [-0.15, -0.1) is 0 Å². The molecule has 178 valence electrons. The number of aromatic nitrogens is 2. The lowest BCUT2D eigenvalue weighted by atomic mass is 10.0. The minimum Gasteiger partial charge on any atom is -0.489 e. The van der Waals surface area contributed by atoms with Crippen LogP contribution in [0.3, 0.4) is 0 Å². The number of fused-ring (bicyclic) bond motifs is 2. The summed E-state index contributed by atoms with van der Waals surface area (Å²) >= 11 is 0. The molecule has 2 aromatic heterocycles. The Morgan fingerprint density at radius 3 is 2.89 bits per heavy atom. The molecule has 2 saturated heterocycles. The minimum atomic E-state index is -0.610. The zero-order valence-electron chi connectivity index (χ0n) is 19.1. The van der Waals surface area contributed by atoms with E-state index in [2.05, 4.69) is 26.3 Å². The van der Waals surface area contributed by atoms with Gasteiger partial charge in [0.1, 0.15) is 17.9 Å². The van der Waals surface area contributed by atoms with E-state index in [1.165, 1.54) is 0 Å². The zero-order valence-corrected chi connectivity index (χ0v) is 19.1. The predicted molar refractivity (Wildman–Crippen MR) is 126 cm³/mol. The molecule has 9 heteroatoms. The highest BCUT2D eigenvalue weighted by Crippen LogP contribution is 2.31. The predicted octanol–water partition coefficient (Wildman–Crippen LogP) is 2.04. The summed E-state index contributed by atoms with van der Waals surface area (Å²) in [5, 5.41) is 3.37. The van der Waals surface area contributed by atoms with Gasteiger partial charge in [0.2, 0.25) is 11.8 Å². The lowest BCUT2D eigenvalue weighted by molar-refractivity contribution is -0.136. The van der Waals surface area contributed by atoms with Crippen molar-refractivity contribution in [2.45, 2.75) is 44.5 Å². The average Bonchev–Trinajstić information content (AvgIpc) is 3.42. The number of hydrogen-bond donors (Lipinski definition) is 1. The first kappa shape index (κ1) is 21.7. The van der Waals surface area contributed by atoms with Gasteiger partial charge in [-0.05, 0) is 60.4 Å². The summed E-state index contributed by atoms with van der Waals surface area (Å²) in [5.74, 6) is -0.132. The molecule has 3 aliphatic rings. The van der Waals surface area contributed by atoms with Gasteiger partial charge < -0.3 is 9.64 Å². The molecule has 35 heavy (non-hydrogen) atoms. The van der Waals surface area contributed by atoms with Gasteiger partial charge in [-0.25, -0.2) is 9.97 Å². The van der Waals surface area contributed by atoms with Crippen LogP contribution in [0.4, 0.5) is 0 Å². The molecule has 2 atom stereocenters. The van der Waals surface area contributed by atoms with Crippen LogP contribution in [0.25, 0.3) is 11.0 Å². The van der Waals surface area contributed by atoms with E-state index in [1.807, 2.05) is 30.5 Å². The van der Waals surface area contributed by atoms with Gasteiger partial charge in [-0.1, -0.05) is 0 Å². The maximum absolute atomic E-state index is 12.9. The molecule has 5 heterocycles. The number of pyridine rings is 2. The number of carbonyl (C=O) groups excluding carboxylic acids is 3. The lowest BCUT2D eigenvalue weighted by Gasteiger charge is -2.29. The Morgan fingerprint density at radius 2 is 2.00 bits per heavy atom. The summed E-state index contributed by atoms with van der Waals surface area (Å²) in [7, 11) is 0. The molecule has 0 spiro atoms. The van der Waals surface area contributed by atoms with Crippen molar-refractivity contribution < 1.29 is 19.1 Å². The molecule has 1 aromatic carbocycles. The summed E-state index contributed by atoms with van der Waals surface area (Å²) in [6, 6.07) is 11.0. The van der Waals surface area contributed by atoms with E-state index in [9.17, 15) is 14.4 Å². The Hall–Kier alpha value is -3.85. The van der Waals surface area contributed by atoms with Crippen molar-refractivity contribution in [1.29, 1.82) is 0 Å². The summed E-state index contributed by atoms with van der Waals surface area (Å²) in [5.41, 5.74) is 3.34. The van der Waals surface area contributed by atoms with E-state index in [-0.39, 0.29) is 24.3 Å². The molecule has 2 fully saturated rings. The fourth-order valence-corrected chi connectivity index (χ4v) is 5.21. The van der Waals surface area contributed by atoms with E-state index in [0.29, 0.717) is 18.5 Å². The molecule has 3 amide bonds. The molecule has 0 saturated carbocycles. The Balaban J connectivity index is 1.08. The quantitative estimate of drug-likeness (QED) is 0.568. The third kappa shape index (κ3) is 4.23. The molecule has 1 unspecified atom stereocenters. The summed E-state index contributed by atoms with van der Waals surface area (Å²) in [6.07, 6.45) is 5.21. The molecule has 1 N–H and O–H groups in total. The van der Waals surface area contributed by atoms with E-state index >= 15 is 0 Å². The Bertz CT molecular complexity index is 1340. The largest absolute Gasteiger partial charge is 0.489 e. The van der Waals surface area contributed by atoms with Crippen LogP contribution in [-0.4, -0.2) is 62.7 Å². The van der Waals surface area contributed by atoms with E-state index in [4.69, 9.17) is 4.74 Å². The second-order valence-corrected chi connectivity index (χ2v) is 9.38. The second-order valence-electron chi connectivity index (χ2n) is 9.38. The van der Waals surface area contributed by atoms with Crippen molar-refractivity contribution in [3.63, 3.8) is 0 Å². The van der Waals surface area contributed by atoms with Gasteiger partial charge in [0.05, 0.1) is 0 Å². The summed E-state index contributed by atoms with van der Waals surface area (Å²) in [6.45, 7) is 2.89. The first-order chi connectivity index (χ1) is 17.0. The molecule has 0 aliphatic carbocycles. The summed E-state index contributed by atoms with van der Waals surface area (Å²) in [4.78, 5) is 49.2. The van der Waals surface area contributed by atoms with Crippen LogP contribution in [0.2, 0.25) is 0 Å². The number of amides is 3. The standard InChI is InChI=1S/C26H25N5O4/c32-23-6-5-22(25(33)29-23)31-14-18-11-19(3-4-21(18)26(31)34)35-20-7-9-30(15-20)13-16-10-17-2-1-8-27-24(17)28-12-16/h1-4,8,10-12,20,22H,5-7,9,13-15H2,(H,29,32,33)/t20-,22?/m0/s1. The molecule has 9 nitrogen and oxygen atoms in total. The van der Waals surface area contributed by atoms with Crippen molar-refractivity contribution in [2.75, 3.05) is 13.1 Å². The van der Waals surface area contributed by atoms with Crippen molar-refractivity contribution >= 4 is 28.8 Å². The van der Waals surface area contributed by atoms with E-state index in [0.717, 1.165) is 54.0 Å². The number of nitrogens with one attached hydrogen (secondary N) is 1. The van der Waals surface area contributed by atoms with Crippen molar-refractivity contribution in [1.82, 2.24) is 25.1 Å². The second kappa shape index (κ2) is 8.74. The first-order valence-corrected chi connectivity index (χ1v) is 11.9. The number of benzene rings is 1. The Morgan fingerprint density at radius 1 is 1.09 bits per heavy atom. The van der Waals surface area contributed by atoms with Gasteiger partial charge in [0.25, 0.3) is 5.91 Å². The highest BCUT2D eigenvalue weighted by atomic mass is 16.5. The molecular weight excluding hydrogens is 446 g/mol. The Kier molecular flexibility index (Phi) is 5.41. The molecule has 3 aromatic rings. The van der Waals surface area contributed by atoms with E-state index < -0.39 is 11.9 Å². The molecule has 3 aliphatic heterocycles. The minimum absolute atomic E-state index is 0.0616. The topological polar surface area (TPSA) is 105 Å². The van der Waals surface area contributed by atoms with Crippen molar-refractivity contribution in [2.24, 2.45) is 0 Å². The van der Waals surface area contributed by atoms with E-state index in [1.54, 1.807) is 17.2 Å². The highest BCUT2D eigenvalue weighted by molar-refractivity contribution is 6.05. The van der Waals surface area contributed by atoms with Crippen LogP contribution in [0.1, 0.15) is 40.7 Å². The lowest BCUT2D eigenvalue weighted by Crippen LogP contribution is -2.52. The molecule has 0 bridgehead atoms. The maximum Gasteiger partial charge on any atom is 0.255 e. The zero-order chi connectivity index (χ0) is 23.9. The third-order valence-electron chi connectivity index (χ3n) is 6.94. The Labute approximate surface area is 202 Å². The maximum atomic E-state index is 12.9. The number of likely N-dealkylation sites (tertiary alicyclic amines) is 1. The fourth-order valence-electron chi connectivity index (χ4n) is 5.21. The SMILES string of the molecule is O=C1CCC(N2Cc3cc(O[C@H]4CCN(Cc5cnc6ncccc6c5)C4)ccc3C2=O)C(=O)N1. The van der Waals surface area contributed by atoms with Gasteiger partial charge in [0.15, 0.2) is 5.65 Å². The molecule has 6 rings (SSSR count). The van der Waals surface area contributed by atoms with Crippen LogP contribution in [0.15, 0.2) is 48.8 Å². The van der Waals surface area contributed by atoms with Crippen LogP contribution >= 0.6 is 0 Å². The van der Waals surface area contributed by atoms with Crippen LogP contribution in [-0.2, 0) is 22.7 Å². The van der Waals surface area contributed by atoms with Gasteiger partial charge in [-0.3, -0.25) is 24.6 Å². The molecule has 0 radical (unpaired) electrons. The van der Waals surface area contributed by atoms with Gasteiger partial charge >= 0.3 is 0 Å².